The van der Waals surface area contributed by atoms with Crippen LogP contribution >= 0.6 is 11.3 Å². The van der Waals surface area contributed by atoms with Gasteiger partial charge in [-0.2, -0.15) is 5.10 Å². The van der Waals surface area contributed by atoms with Gasteiger partial charge in [-0.3, -0.25) is 4.79 Å². The van der Waals surface area contributed by atoms with Gasteiger partial charge in [0.05, 0.1) is 22.5 Å². The van der Waals surface area contributed by atoms with Crippen LogP contribution in [-0.4, -0.2) is 16.6 Å². The van der Waals surface area contributed by atoms with Crippen molar-refractivity contribution in [3.63, 3.8) is 0 Å². The van der Waals surface area contributed by atoms with Crippen molar-refractivity contribution in [1.82, 2.24) is 10.4 Å². The molecule has 28 heavy (non-hydrogen) atoms. The van der Waals surface area contributed by atoms with E-state index in [0.29, 0.717) is 16.8 Å². The van der Waals surface area contributed by atoms with Crippen molar-refractivity contribution < 1.29 is 9.18 Å². The van der Waals surface area contributed by atoms with Crippen molar-refractivity contribution in [3.8, 4) is 11.3 Å². The van der Waals surface area contributed by atoms with Crippen LogP contribution in [0.2, 0.25) is 0 Å². The number of fused-ring (bicyclic) bond motifs is 1. The Bertz CT molecular complexity index is 1170. The number of thiophene rings is 1. The molecule has 0 aliphatic heterocycles. The van der Waals surface area contributed by atoms with E-state index in [1.165, 1.54) is 12.1 Å². The zero-order valence-corrected chi connectivity index (χ0v) is 15.8. The molecule has 4 aromatic rings. The summed E-state index contributed by atoms with van der Waals surface area (Å²) >= 11 is 1.56. The molecule has 0 atom stereocenters. The van der Waals surface area contributed by atoms with Gasteiger partial charge in [0.2, 0.25) is 0 Å². The standard InChI is InChI=1S/C22H16FN3OS/c1-14(21-7-4-12-28-21)25-26-22(27)18-13-20(15-8-10-16(23)11-9-15)24-19-6-3-2-5-17(18)19/h2-13H,1H3,(H,26,27). The Morgan fingerprint density at radius 2 is 1.86 bits per heavy atom. The first-order chi connectivity index (χ1) is 13.6. The van der Waals surface area contributed by atoms with Gasteiger partial charge >= 0.3 is 0 Å². The third-order valence-electron chi connectivity index (χ3n) is 4.30. The fourth-order valence-electron chi connectivity index (χ4n) is 2.87. The van der Waals surface area contributed by atoms with Gasteiger partial charge in [-0.15, -0.1) is 11.3 Å². The van der Waals surface area contributed by atoms with Crippen LogP contribution in [0.5, 0.6) is 0 Å². The zero-order valence-electron chi connectivity index (χ0n) is 15.0. The summed E-state index contributed by atoms with van der Waals surface area (Å²) in [5.74, 6) is -0.640. The Hall–Kier alpha value is -3.38. The minimum Gasteiger partial charge on any atom is -0.267 e. The van der Waals surface area contributed by atoms with Crippen molar-refractivity contribution in [2.24, 2.45) is 5.10 Å². The Kier molecular flexibility index (Phi) is 4.95. The minimum absolute atomic E-state index is 0.319. The van der Waals surface area contributed by atoms with Crippen molar-refractivity contribution in [1.29, 1.82) is 0 Å². The Morgan fingerprint density at radius 3 is 2.61 bits per heavy atom. The van der Waals surface area contributed by atoms with E-state index in [4.69, 9.17) is 0 Å². The van der Waals surface area contributed by atoms with Crippen LogP contribution in [0.4, 0.5) is 4.39 Å². The van der Waals surface area contributed by atoms with Crippen molar-refractivity contribution >= 4 is 33.9 Å². The number of nitrogens with one attached hydrogen (secondary N) is 1. The lowest BCUT2D eigenvalue weighted by Crippen LogP contribution is -2.19. The molecular formula is C22H16FN3OS. The first-order valence-corrected chi connectivity index (χ1v) is 9.54. The molecule has 4 rings (SSSR count). The summed E-state index contributed by atoms with van der Waals surface area (Å²) in [6.07, 6.45) is 0. The van der Waals surface area contributed by atoms with E-state index in [1.807, 2.05) is 48.7 Å². The number of rotatable bonds is 4. The predicted octanol–water partition coefficient (Wildman–Crippen LogP) is 5.26. The molecule has 0 radical (unpaired) electrons. The maximum absolute atomic E-state index is 13.3. The molecule has 1 amide bonds. The molecule has 1 N–H and O–H groups in total. The zero-order chi connectivity index (χ0) is 19.5. The molecule has 0 unspecified atom stereocenters. The van der Waals surface area contributed by atoms with Gasteiger partial charge in [-0.25, -0.2) is 14.8 Å². The normalized spacial score (nSPS) is 11.6. The van der Waals surface area contributed by atoms with Gasteiger partial charge < -0.3 is 0 Å². The molecule has 0 bridgehead atoms. The summed E-state index contributed by atoms with van der Waals surface area (Å²) in [5.41, 5.74) is 5.86. The lowest BCUT2D eigenvalue weighted by molar-refractivity contribution is 0.0956. The average Bonchev–Trinajstić information content (AvgIpc) is 3.26. The smallest absolute Gasteiger partial charge is 0.267 e. The van der Waals surface area contributed by atoms with E-state index >= 15 is 0 Å². The van der Waals surface area contributed by atoms with Gasteiger partial charge in [0.25, 0.3) is 5.91 Å². The van der Waals surface area contributed by atoms with Gasteiger partial charge in [0.1, 0.15) is 5.82 Å². The maximum Gasteiger partial charge on any atom is 0.272 e. The lowest BCUT2D eigenvalue weighted by Gasteiger charge is -2.09. The first kappa shape index (κ1) is 18.0. The molecular weight excluding hydrogens is 373 g/mol. The molecule has 2 aromatic heterocycles. The molecule has 0 saturated carbocycles. The van der Waals surface area contributed by atoms with Crippen LogP contribution in [0.15, 0.2) is 77.2 Å². The summed E-state index contributed by atoms with van der Waals surface area (Å²) in [6, 6.07) is 19.1. The van der Waals surface area contributed by atoms with E-state index in [1.54, 1.807) is 29.5 Å². The molecule has 2 heterocycles. The number of carbonyl (C=O) groups is 1. The SMILES string of the molecule is CC(=NNC(=O)c1cc(-c2ccc(F)cc2)nc2ccccc12)c1cccs1. The summed E-state index contributed by atoms with van der Waals surface area (Å²) in [7, 11) is 0. The number of benzene rings is 2. The fraction of sp³-hybridized carbons (Fsp3) is 0.0455. The Labute approximate surface area is 165 Å². The van der Waals surface area contributed by atoms with Gasteiger partial charge in [0, 0.05) is 15.8 Å². The van der Waals surface area contributed by atoms with Crippen LogP contribution in [-0.2, 0) is 0 Å². The molecule has 0 fully saturated rings. The molecule has 2 aromatic carbocycles. The van der Waals surface area contributed by atoms with E-state index in [9.17, 15) is 9.18 Å². The summed E-state index contributed by atoms with van der Waals surface area (Å²) in [4.78, 5) is 18.5. The highest BCUT2D eigenvalue weighted by atomic mass is 32.1. The topological polar surface area (TPSA) is 54.4 Å². The third-order valence-corrected chi connectivity index (χ3v) is 5.28. The number of carbonyl (C=O) groups excluding carboxylic acids is 1. The van der Waals surface area contributed by atoms with E-state index in [-0.39, 0.29) is 11.7 Å². The summed E-state index contributed by atoms with van der Waals surface area (Å²) in [6.45, 7) is 1.85. The summed E-state index contributed by atoms with van der Waals surface area (Å²) < 4.78 is 13.3. The fourth-order valence-corrected chi connectivity index (χ4v) is 3.54. The lowest BCUT2D eigenvalue weighted by atomic mass is 10.0. The number of amides is 1. The molecule has 4 nitrogen and oxygen atoms in total. The number of hydrogen-bond acceptors (Lipinski definition) is 4. The van der Waals surface area contributed by atoms with E-state index in [0.717, 1.165) is 21.5 Å². The number of hydrazone groups is 1. The maximum atomic E-state index is 13.3. The monoisotopic (exact) mass is 389 g/mol. The van der Waals surface area contributed by atoms with Crippen molar-refractivity contribution in [2.75, 3.05) is 0 Å². The molecule has 0 aliphatic carbocycles. The van der Waals surface area contributed by atoms with Crippen LogP contribution < -0.4 is 5.43 Å². The average molecular weight is 389 g/mol. The van der Waals surface area contributed by atoms with Crippen molar-refractivity contribution in [2.45, 2.75) is 6.92 Å². The minimum atomic E-state index is -0.321. The molecule has 0 saturated heterocycles. The Morgan fingerprint density at radius 1 is 1.07 bits per heavy atom. The van der Waals surface area contributed by atoms with Crippen LogP contribution in [0.1, 0.15) is 22.2 Å². The number of hydrogen-bond donors (Lipinski definition) is 1. The largest absolute Gasteiger partial charge is 0.272 e. The highest BCUT2D eigenvalue weighted by Gasteiger charge is 2.14. The highest BCUT2D eigenvalue weighted by Crippen LogP contribution is 2.25. The van der Waals surface area contributed by atoms with Crippen LogP contribution in [0, 0.1) is 5.82 Å². The number of nitrogens with zero attached hydrogens (tertiary/aromatic N) is 2. The van der Waals surface area contributed by atoms with E-state index in [2.05, 4.69) is 15.5 Å². The van der Waals surface area contributed by atoms with Gasteiger partial charge in [-0.1, -0.05) is 24.3 Å². The number of pyridine rings is 1. The summed E-state index contributed by atoms with van der Waals surface area (Å²) in [5, 5.41) is 6.91. The van der Waals surface area contributed by atoms with Gasteiger partial charge in [0.15, 0.2) is 0 Å². The predicted molar refractivity (Wildman–Crippen MR) is 111 cm³/mol. The van der Waals surface area contributed by atoms with E-state index < -0.39 is 0 Å². The number of para-hydroxylation sites is 1. The highest BCUT2D eigenvalue weighted by molar-refractivity contribution is 7.12. The second-order valence-corrected chi connectivity index (χ2v) is 7.14. The quantitative estimate of drug-likeness (QED) is 0.382. The second-order valence-electron chi connectivity index (χ2n) is 6.19. The third kappa shape index (κ3) is 3.68. The molecule has 6 heteroatoms. The number of aromatic nitrogens is 1. The van der Waals surface area contributed by atoms with Gasteiger partial charge in [-0.05, 0) is 54.8 Å². The number of halogens is 1. The Balaban J connectivity index is 1.73. The molecule has 138 valence electrons. The van der Waals surface area contributed by atoms with Crippen LogP contribution in [0.25, 0.3) is 22.2 Å². The molecule has 0 spiro atoms. The molecule has 0 aliphatic rings. The first-order valence-electron chi connectivity index (χ1n) is 8.66. The second kappa shape index (κ2) is 7.70. The van der Waals surface area contributed by atoms with Crippen LogP contribution in [0.3, 0.4) is 0 Å². The van der Waals surface area contributed by atoms with Crippen molar-refractivity contribution in [3.05, 3.63) is 88.4 Å².